The monoisotopic (exact) mass is 752 g/mol. The molecule has 3 fully saturated rings. The van der Waals surface area contributed by atoms with Gasteiger partial charge >= 0.3 is 5.97 Å². The number of aliphatic carboxylic acids is 1. The summed E-state index contributed by atoms with van der Waals surface area (Å²) in [5, 5.41) is 30.4. The van der Waals surface area contributed by atoms with Crippen LogP contribution in [0.25, 0.3) is 11.0 Å². The molecule has 0 aliphatic carbocycles. The van der Waals surface area contributed by atoms with E-state index in [2.05, 4.69) is 25.0 Å². The zero-order valence-corrected chi connectivity index (χ0v) is 30.4. The number of carbonyl (C=O) groups excluding carboxylic acids is 2. The molecule has 4 aromatic rings. The van der Waals surface area contributed by atoms with E-state index in [1.807, 2.05) is 24.3 Å². The number of hydrogen-bond acceptors (Lipinski definition) is 10. The number of imidazole rings is 1. The van der Waals surface area contributed by atoms with Gasteiger partial charge in [-0.15, -0.1) is 0 Å². The Morgan fingerprint density at radius 1 is 1.13 bits per heavy atom. The molecular weight excluding hydrogens is 714 g/mol. The van der Waals surface area contributed by atoms with Crippen LogP contribution in [0.3, 0.4) is 0 Å². The van der Waals surface area contributed by atoms with Gasteiger partial charge in [0.2, 0.25) is 11.8 Å². The van der Waals surface area contributed by atoms with Gasteiger partial charge in [0.1, 0.15) is 24.3 Å². The first kappa shape index (κ1) is 37.1. The summed E-state index contributed by atoms with van der Waals surface area (Å²) in [6.07, 6.45) is 1.57. The number of benzene rings is 2. The number of hydrogen-bond donors (Lipinski definition) is 3. The van der Waals surface area contributed by atoms with Gasteiger partial charge in [-0.3, -0.25) is 14.5 Å². The molecule has 3 atom stereocenters. The Hall–Kier alpha value is -5.21. The molecule has 5 heterocycles. The number of carboxylic acid groups (broad SMARTS) is 1. The Balaban J connectivity index is 0.995. The Labute approximate surface area is 313 Å². The predicted molar refractivity (Wildman–Crippen MR) is 192 cm³/mol. The van der Waals surface area contributed by atoms with Crippen LogP contribution >= 0.6 is 0 Å². The minimum absolute atomic E-state index is 0.000622. The minimum Gasteiger partial charge on any atom is -0.480 e. The number of ether oxygens (including phenoxy) is 2. The Kier molecular flexibility index (Phi) is 10.7. The molecule has 3 saturated heterocycles. The highest BCUT2D eigenvalue weighted by molar-refractivity contribution is 6.15. The Bertz CT molecular complexity index is 2110. The van der Waals surface area contributed by atoms with Gasteiger partial charge in [0.05, 0.1) is 57.3 Å². The van der Waals surface area contributed by atoms with E-state index in [1.54, 1.807) is 30.3 Å². The Morgan fingerprint density at radius 2 is 1.93 bits per heavy atom. The molecule has 7 rings (SSSR count). The molecule has 54 heavy (non-hydrogen) atoms. The van der Waals surface area contributed by atoms with Crippen molar-refractivity contribution in [3.63, 3.8) is 0 Å². The van der Waals surface area contributed by atoms with Crippen molar-refractivity contribution in [3.8, 4) is 11.9 Å². The van der Waals surface area contributed by atoms with Crippen molar-refractivity contribution in [3.05, 3.63) is 88.6 Å². The number of rotatable bonds is 12. The number of carboxylic acids is 1. The van der Waals surface area contributed by atoms with E-state index in [0.717, 1.165) is 54.3 Å². The van der Waals surface area contributed by atoms with Gasteiger partial charge in [-0.2, -0.15) is 5.26 Å². The maximum absolute atomic E-state index is 14.4. The van der Waals surface area contributed by atoms with Crippen molar-refractivity contribution in [2.45, 2.75) is 68.7 Å². The summed E-state index contributed by atoms with van der Waals surface area (Å²) in [4.78, 5) is 50.5. The second-order valence-corrected chi connectivity index (χ2v) is 15.0. The van der Waals surface area contributed by atoms with E-state index in [4.69, 9.17) is 24.7 Å². The summed E-state index contributed by atoms with van der Waals surface area (Å²) in [7, 11) is 3.80. The number of likely N-dealkylation sites (tertiary alicyclic amines) is 2. The van der Waals surface area contributed by atoms with E-state index >= 15 is 0 Å². The number of aliphatic hydroxyl groups is 1. The summed E-state index contributed by atoms with van der Waals surface area (Å²) >= 11 is 0. The number of nitriles is 1. The number of aromatic nitrogens is 3. The predicted octanol–water partition coefficient (Wildman–Crippen LogP) is 2.46. The molecule has 14 nitrogen and oxygen atoms in total. The molecule has 3 radical (unpaired) electrons. The third-order valence-corrected chi connectivity index (χ3v) is 10.9. The number of piperidine rings is 1. The number of nitrogens with zero attached hydrogens (tertiary/aromatic N) is 6. The molecule has 3 N–H and O–H groups in total. The molecule has 0 saturated carbocycles. The van der Waals surface area contributed by atoms with Crippen LogP contribution in [0.4, 0.5) is 4.39 Å². The number of β-amino-alcohol motifs (C(OH)–C–C–N with tert-alkyl or cyclic N) is 1. The number of carbonyl (C=O) groups is 3. The largest absolute Gasteiger partial charge is 0.480 e. The summed E-state index contributed by atoms with van der Waals surface area (Å²) < 4.78 is 28.1. The molecule has 2 aromatic carbocycles. The Morgan fingerprint density at radius 3 is 2.63 bits per heavy atom. The van der Waals surface area contributed by atoms with E-state index in [1.165, 1.54) is 6.07 Å². The highest BCUT2D eigenvalue weighted by atomic mass is 28.1. The van der Waals surface area contributed by atoms with Crippen molar-refractivity contribution in [1.82, 2.24) is 29.7 Å². The maximum Gasteiger partial charge on any atom is 0.326 e. The molecule has 3 aliphatic rings. The molecule has 0 spiro atoms. The quantitative estimate of drug-likeness (QED) is 0.181. The molecular formula is C38H39FN7O7Si. The lowest BCUT2D eigenvalue weighted by molar-refractivity contribution is -0.147. The fraction of sp³-hybridized carbons (Fsp3) is 0.421. The summed E-state index contributed by atoms with van der Waals surface area (Å²) in [6.45, 7) is 2.82. The lowest BCUT2D eigenvalue weighted by Crippen LogP contribution is -2.48. The zero-order chi connectivity index (χ0) is 38.0. The van der Waals surface area contributed by atoms with Crippen molar-refractivity contribution >= 4 is 39.1 Å². The first-order chi connectivity index (χ1) is 26.0. The molecule has 0 bridgehead atoms. The first-order valence-corrected chi connectivity index (χ1v) is 18.4. The van der Waals surface area contributed by atoms with Gasteiger partial charge in [-0.1, -0.05) is 12.1 Å². The van der Waals surface area contributed by atoms with E-state index in [0.29, 0.717) is 42.2 Å². The number of halogens is 1. The van der Waals surface area contributed by atoms with Crippen LogP contribution in [0.5, 0.6) is 5.88 Å². The number of aliphatic hydroxyl groups excluding tert-OH is 1. The molecule has 2 aromatic heterocycles. The molecule has 3 aliphatic heterocycles. The van der Waals surface area contributed by atoms with Crippen LogP contribution in [0.2, 0.25) is 0 Å². The van der Waals surface area contributed by atoms with Crippen LogP contribution < -0.4 is 10.1 Å². The minimum atomic E-state index is -1.20. The van der Waals surface area contributed by atoms with E-state index in [9.17, 15) is 29.0 Å². The topological polar surface area (TPSA) is 183 Å². The smallest absolute Gasteiger partial charge is 0.326 e. The van der Waals surface area contributed by atoms with Crippen LogP contribution in [0.1, 0.15) is 64.6 Å². The molecule has 16 heteroatoms. The van der Waals surface area contributed by atoms with Crippen LogP contribution in [-0.2, 0) is 34.0 Å². The molecule has 279 valence electrons. The van der Waals surface area contributed by atoms with Gasteiger partial charge in [0, 0.05) is 54.9 Å². The maximum atomic E-state index is 14.4. The van der Waals surface area contributed by atoms with Crippen molar-refractivity contribution in [1.29, 1.82) is 5.26 Å². The highest BCUT2D eigenvalue weighted by Crippen LogP contribution is 2.31. The van der Waals surface area contributed by atoms with Gasteiger partial charge in [0.25, 0.3) is 5.91 Å². The van der Waals surface area contributed by atoms with E-state index in [-0.39, 0.29) is 31.1 Å². The number of fused-ring (bicyclic) bond motifs is 1. The van der Waals surface area contributed by atoms with E-state index < -0.39 is 47.5 Å². The number of amides is 2. The number of pyridine rings is 1. The summed E-state index contributed by atoms with van der Waals surface area (Å²) in [6, 6.07) is 15.9. The zero-order valence-electron chi connectivity index (χ0n) is 29.4. The van der Waals surface area contributed by atoms with Gasteiger partial charge in [-0.05, 0) is 68.8 Å². The molecule has 2 amide bonds. The summed E-state index contributed by atoms with van der Waals surface area (Å²) in [5.74, 6) is -1.34. The fourth-order valence-electron chi connectivity index (χ4n) is 7.24. The van der Waals surface area contributed by atoms with Crippen LogP contribution in [-0.4, -0.2) is 113 Å². The number of nitrogens with one attached hydrogen (secondary N) is 1. The second-order valence-electron chi connectivity index (χ2n) is 14.0. The lowest BCUT2D eigenvalue weighted by Gasteiger charge is -2.39. The standard InChI is InChI=1S/C38H39FN7O7Si/c39-28-14-23(17-40)4-5-26(28)21-52-34-3-1-2-29(43-34)24-8-11-44(12-9-24)20-33-42-30-15-25(6-7-31(30)46(33)22-38(54)10-13-53-38)36(49)41-18-35(48)45-19-27(47)16-32(45)37(50)51/h1-7,14-15,24,27,32,47H,8-13,16,18-22H2,(H,41,49)(H,50,51)/t27-,32-,38?/m0/s1. The first-order valence-electron chi connectivity index (χ1n) is 17.9. The average Bonchev–Trinajstić information content (AvgIpc) is 3.72. The lowest BCUT2D eigenvalue weighted by atomic mass is 9.93. The molecule has 1 unspecified atom stereocenters. The fourth-order valence-corrected chi connectivity index (χ4v) is 7.60. The normalized spacial score (nSPS) is 21.8. The third kappa shape index (κ3) is 8.14. The van der Waals surface area contributed by atoms with Crippen molar-refractivity contribution < 1.29 is 38.5 Å². The van der Waals surface area contributed by atoms with Crippen molar-refractivity contribution in [2.75, 3.05) is 32.8 Å². The van der Waals surface area contributed by atoms with Crippen molar-refractivity contribution in [2.24, 2.45) is 0 Å². The van der Waals surface area contributed by atoms with Gasteiger partial charge in [0.15, 0.2) is 0 Å². The third-order valence-electron chi connectivity index (χ3n) is 10.3. The van der Waals surface area contributed by atoms with Gasteiger partial charge < -0.3 is 34.5 Å². The van der Waals surface area contributed by atoms with Crippen LogP contribution in [0, 0.1) is 17.1 Å². The highest BCUT2D eigenvalue weighted by Gasteiger charge is 2.39. The summed E-state index contributed by atoms with van der Waals surface area (Å²) in [5.41, 5.74) is 3.26. The van der Waals surface area contributed by atoms with Crippen LogP contribution in [0.15, 0.2) is 54.6 Å². The average molecular weight is 753 g/mol. The SMILES string of the molecule is N#Cc1ccc(COc2cccc(C3CCN(Cc4nc5cc(C(=O)NCC(=O)N6C[C@@H](O)C[C@H]6C(=O)O)ccc5n4CC4([Si])CCO4)CC3)n2)c(F)c1. The van der Waals surface area contributed by atoms with Gasteiger partial charge in [-0.25, -0.2) is 19.2 Å². The second kappa shape index (κ2) is 15.6.